The Morgan fingerprint density at radius 3 is 2.84 bits per heavy atom. The van der Waals surface area contributed by atoms with Crippen LogP contribution in [0.2, 0.25) is 0 Å². The summed E-state index contributed by atoms with van der Waals surface area (Å²) in [5.41, 5.74) is 1.41. The van der Waals surface area contributed by atoms with Crippen LogP contribution in [-0.4, -0.2) is 12.0 Å². The van der Waals surface area contributed by atoms with Gasteiger partial charge < -0.3 is 9.32 Å². The summed E-state index contributed by atoms with van der Waals surface area (Å²) in [6, 6.07) is 12.1. The van der Waals surface area contributed by atoms with Crippen LogP contribution in [0, 0.1) is 21.4 Å². The zero-order valence-corrected chi connectivity index (χ0v) is 10.2. The molecule has 0 fully saturated rings. The molecule has 0 saturated heterocycles. The molecule has 0 atom stereocenters. The average Bonchev–Trinajstić information content (AvgIpc) is 2.87. The van der Waals surface area contributed by atoms with Gasteiger partial charge in [0.25, 0.3) is 0 Å². The minimum absolute atomic E-state index is 0.269. The van der Waals surface area contributed by atoms with Crippen LogP contribution in [0.25, 0.3) is 0 Å². The first-order chi connectivity index (χ1) is 9.10. The highest BCUT2D eigenvalue weighted by molar-refractivity contribution is 5.51. The van der Waals surface area contributed by atoms with Crippen LogP contribution in [0.5, 0.6) is 0 Å². The van der Waals surface area contributed by atoms with Crippen molar-refractivity contribution in [3.8, 4) is 6.07 Å². The van der Waals surface area contributed by atoms with Crippen molar-refractivity contribution in [3.63, 3.8) is 0 Å². The molecule has 96 valence electrons. The molecule has 1 aromatic heterocycles. The lowest BCUT2D eigenvalue weighted by atomic mass is 10.2. The van der Waals surface area contributed by atoms with Gasteiger partial charge in [0.05, 0.1) is 24.2 Å². The lowest BCUT2D eigenvalue weighted by Gasteiger charge is -2.17. The summed E-state index contributed by atoms with van der Waals surface area (Å²) < 4.78 is 5.09. The van der Waals surface area contributed by atoms with E-state index in [1.807, 2.05) is 18.0 Å². The number of hydrogen-bond donors (Lipinski definition) is 0. The Morgan fingerprint density at radius 2 is 2.21 bits per heavy atom. The van der Waals surface area contributed by atoms with Crippen molar-refractivity contribution in [2.45, 2.75) is 6.54 Å². The van der Waals surface area contributed by atoms with Crippen LogP contribution < -0.4 is 4.90 Å². The second-order valence-corrected chi connectivity index (χ2v) is 4.02. The molecule has 1 aromatic carbocycles. The van der Waals surface area contributed by atoms with Crippen molar-refractivity contribution < 1.29 is 9.34 Å². The van der Waals surface area contributed by atoms with Crippen molar-refractivity contribution in [2.75, 3.05) is 11.9 Å². The molecule has 2 aromatic rings. The molecule has 0 bridgehead atoms. The normalized spacial score (nSPS) is 9.89. The van der Waals surface area contributed by atoms with Gasteiger partial charge in [0.1, 0.15) is 10.7 Å². The number of nitriles is 1. The van der Waals surface area contributed by atoms with Crippen molar-refractivity contribution in [1.29, 1.82) is 5.26 Å². The fourth-order valence-corrected chi connectivity index (χ4v) is 1.69. The second-order valence-electron chi connectivity index (χ2n) is 4.02. The third kappa shape index (κ3) is 2.90. The van der Waals surface area contributed by atoms with E-state index in [-0.39, 0.29) is 5.88 Å². The lowest BCUT2D eigenvalue weighted by molar-refractivity contribution is -0.402. The number of nitrogens with zero attached hydrogens (tertiary/aromatic N) is 3. The van der Waals surface area contributed by atoms with E-state index in [1.54, 1.807) is 24.3 Å². The summed E-state index contributed by atoms with van der Waals surface area (Å²) in [5.74, 6) is 0.228. The highest BCUT2D eigenvalue weighted by atomic mass is 16.6. The van der Waals surface area contributed by atoms with Crippen molar-refractivity contribution in [2.24, 2.45) is 0 Å². The van der Waals surface area contributed by atoms with Gasteiger partial charge in [-0.05, 0) is 24.3 Å². The Hall–Kier alpha value is -2.81. The van der Waals surface area contributed by atoms with Crippen LogP contribution in [0.1, 0.15) is 11.3 Å². The Balaban J connectivity index is 2.13. The first-order valence-electron chi connectivity index (χ1n) is 5.54. The molecule has 19 heavy (non-hydrogen) atoms. The van der Waals surface area contributed by atoms with Gasteiger partial charge in [0.2, 0.25) is 0 Å². The first kappa shape index (κ1) is 12.6. The summed E-state index contributed by atoms with van der Waals surface area (Å²) in [6.07, 6.45) is 0. The van der Waals surface area contributed by atoms with Gasteiger partial charge >= 0.3 is 5.88 Å². The number of hydrogen-bond acceptors (Lipinski definition) is 5. The maximum absolute atomic E-state index is 10.5. The van der Waals surface area contributed by atoms with E-state index in [0.717, 1.165) is 5.69 Å². The van der Waals surface area contributed by atoms with Crippen LogP contribution in [0.4, 0.5) is 11.6 Å². The largest absolute Gasteiger partial charge is 0.433 e. The fourth-order valence-electron chi connectivity index (χ4n) is 1.69. The summed E-state index contributed by atoms with van der Waals surface area (Å²) in [4.78, 5) is 11.8. The topological polar surface area (TPSA) is 83.3 Å². The van der Waals surface area contributed by atoms with E-state index >= 15 is 0 Å². The van der Waals surface area contributed by atoms with Crippen molar-refractivity contribution in [1.82, 2.24) is 0 Å². The van der Waals surface area contributed by atoms with Gasteiger partial charge in [-0.3, -0.25) is 10.1 Å². The van der Waals surface area contributed by atoms with E-state index in [0.29, 0.717) is 17.9 Å². The standard InChI is InChI=1S/C13H11N3O3/c1-15(11-4-2-3-10(7-11)8-14)9-12-5-6-13(19-12)16(17)18/h2-7H,9H2,1H3. The van der Waals surface area contributed by atoms with Gasteiger partial charge in [0, 0.05) is 12.7 Å². The monoisotopic (exact) mass is 257 g/mol. The summed E-state index contributed by atoms with van der Waals surface area (Å²) in [5, 5.41) is 19.4. The molecule has 0 amide bonds. The molecule has 6 nitrogen and oxygen atoms in total. The number of furan rings is 1. The molecule has 1 heterocycles. The highest BCUT2D eigenvalue weighted by Crippen LogP contribution is 2.20. The van der Waals surface area contributed by atoms with Crippen LogP contribution in [0.15, 0.2) is 40.8 Å². The van der Waals surface area contributed by atoms with Gasteiger partial charge in [-0.15, -0.1) is 0 Å². The predicted molar refractivity (Wildman–Crippen MR) is 68.6 cm³/mol. The third-order valence-corrected chi connectivity index (χ3v) is 2.64. The predicted octanol–water partition coefficient (Wildman–Crippen LogP) is 2.70. The smallest absolute Gasteiger partial charge is 0.404 e. The molecule has 0 radical (unpaired) electrons. The fraction of sp³-hybridized carbons (Fsp3) is 0.154. The molecule has 0 N–H and O–H groups in total. The molecular formula is C13H11N3O3. The minimum Gasteiger partial charge on any atom is -0.404 e. The number of anilines is 1. The Bertz CT molecular complexity index is 643. The van der Waals surface area contributed by atoms with Crippen molar-refractivity contribution >= 4 is 11.6 Å². The van der Waals surface area contributed by atoms with Gasteiger partial charge in [0.15, 0.2) is 0 Å². The van der Waals surface area contributed by atoms with E-state index in [1.165, 1.54) is 6.07 Å². The third-order valence-electron chi connectivity index (χ3n) is 2.64. The van der Waals surface area contributed by atoms with Crippen LogP contribution in [0.3, 0.4) is 0 Å². The van der Waals surface area contributed by atoms with Crippen LogP contribution in [-0.2, 0) is 6.54 Å². The average molecular weight is 257 g/mol. The minimum atomic E-state index is -0.570. The second kappa shape index (κ2) is 5.23. The molecule has 0 aliphatic carbocycles. The molecular weight excluding hydrogens is 246 g/mol. The zero-order valence-electron chi connectivity index (χ0n) is 10.2. The maximum Gasteiger partial charge on any atom is 0.433 e. The molecule has 0 unspecified atom stereocenters. The van der Waals surface area contributed by atoms with Crippen LogP contribution >= 0.6 is 0 Å². The first-order valence-corrected chi connectivity index (χ1v) is 5.54. The highest BCUT2D eigenvalue weighted by Gasteiger charge is 2.13. The molecule has 6 heteroatoms. The summed E-state index contributed by atoms with van der Waals surface area (Å²) >= 11 is 0. The Morgan fingerprint density at radius 1 is 1.42 bits per heavy atom. The van der Waals surface area contributed by atoms with Gasteiger partial charge in [-0.25, -0.2) is 0 Å². The van der Waals surface area contributed by atoms with Gasteiger partial charge in [-0.1, -0.05) is 6.07 Å². The maximum atomic E-state index is 10.5. The molecule has 2 rings (SSSR count). The SMILES string of the molecule is CN(Cc1ccc([N+](=O)[O-])o1)c1cccc(C#N)c1. The Kier molecular flexibility index (Phi) is 3.48. The molecule has 0 spiro atoms. The molecule has 0 saturated carbocycles. The van der Waals surface area contributed by atoms with E-state index in [2.05, 4.69) is 6.07 Å². The van der Waals surface area contributed by atoms with E-state index in [4.69, 9.17) is 9.68 Å². The molecule has 0 aliphatic rings. The lowest BCUT2D eigenvalue weighted by Crippen LogP contribution is -2.15. The number of nitro groups is 1. The zero-order chi connectivity index (χ0) is 13.8. The van der Waals surface area contributed by atoms with E-state index < -0.39 is 4.92 Å². The van der Waals surface area contributed by atoms with E-state index in [9.17, 15) is 10.1 Å². The summed E-state index contributed by atoms with van der Waals surface area (Å²) in [7, 11) is 1.82. The summed E-state index contributed by atoms with van der Waals surface area (Å²) in [6.45, 7) is 0.392. The number of benzene rings is 1. The Labute approximate surface area is 109 Å². The molecule has 0 aliphatic heterocycles. The quantitative estimate of drug-likeness (QED) is 0.621. The van der Waals surface area contributed by atoms with Gasteiger partial charge in [-0.2, -0.15) is 5.26 Å². The van der Waals surface area contributed by atoms with Crippen molar-refractivity contribution in [3.05, 3.63) is 57.8 Å². The number of rotatable bonds is 4.